The molecule has 8 heteroatoms. The molecule has 4 aliphatic rings. The van der Waals surface area contributed by atoms with Crippen LogP contribution in [0.25, 0.3) is 5.57 Å². The first-order chi connectivity index (χ1) is 14.9. The van der Waals surface area contributed by atoms with E-state index in [9.17, 15) is 19.2 Å². The molecule has 0 spiro atoms. The fraction of sp³-hybridized carbons (Fsp3) is 0.304. The number of amides is 3. The van der Waals surface area contributed by atoms with Gasteiger partial charge in [-0.1, -0.05) is 18.2 Å². The van der Waals surface area contributed by atoms with Gasteiger partial charge in [-0.3, -0.25) is 19.3 Å². The number of nitrogens with zero attached hydrogens (tertiary/aromatic N) is 1. The zero-order chi connectivity index (χ0) is 21.7. The Morgan fingerprint density at radius 2 is 1.87 bits per heavy atom. The van der Waals surface area contributed by atoms with Crippen LogP contribution >= 0.6 is 0 Å². The summed E-state index contributed by atoms with van der Waals surface area (Å²) in [5.74, 6) is -0.291. The lowest BCUT2D eigenvalue weighted by Gasteiger charge is -2.16. The highest BCUT2D eigenvalue weighted by atomic mass is 16.7. The molecule has 3 amide bonds. The maximum absolute atomic E-state index is 12.4. The molecule has 1 fully saturated rings. The van der Waals surface area contributed by atoms with Gasteiger partial charge in [0.2, 0.25) is 5.91 Å². The van der Waals surface area contributed by atoms with Crippen molar-refractivity contribution in [1.82, 2.24) is 4.90 Å². The van der Waals surface area contributed by atoms with Gasteiger partial charge in [0.25, 0.3) is 11.8 Å². The van der Waals surface area contributed by atoms with E-state index >= 15 is 0 Å². The van der Waals surface area contributed by atoms with Crippen molar-refractivity contribution in [3.63, 3.8) is 0 Å². The number of imide groups is 1. The summed E-state index contributed by atoms with van der Waals surface area (Å²) in [6.07, 6.45) is 6.66. The van der Waals surface area contributed by atoms with Crippen LogP contribution in [0.4, 0.5) is 10.5 Å². The first-order valence-corrected chi connectivity index (χ1v) is 10.2. The second kappa shape index (κ2) is 7.23. The Kier molecular flexibility index (Phi) is 4.50. The van der Waals surface area contributed by atoms with Gasteiger partial charge in [-0.25, -0.2) is 4.79 Å². The van der Waals surface area contributed by atoms with Crippen LogP contribution in [0.1, 0.15) is 29.9 Å². The van der Waals surface area contributed by atoms with E-state index in [1.807, 2.05) is 18.2 Å². The summed E-state index contributed by atoms with van der Waals surface area (Å²) in [5, 5.41) is 11.8. The van der Waals surface area contributed by atoms with E-state index in [1.165, 1.54) is 12.2 Å². The lowest BCUT2D eigenvalue weighted by atomic mass is 9.93. The molecule has 31 heavy (non-hydrogen) atoms. The second-order valence-electron chi connectivity index (χ2n) is 8.16. The van der Waals surface area contributed by atoms with E-state index < -0.39 is 18.0 Å². The molecule has 0 radical (unpaired) electrons. The molecule has 1 aromatic carbocycles. The van der Waals surface area contributed by atoms with Crippen molar-refractivity contribution in [2.75, 3.05) is 18.5 Å². The summed E-state index contributed by atoms with van der Waals surface area (Å²) in [5.41, 5.74) is 4.76. The summed E-state index contributed by atoms with van der Waals surface area (Å²) >= 11 is 0. The van der Waals surface area contributed by atoms with E-state index in [2.05, 4.69) is 17.5 Å². The Labute approximate surface area is 177 Å². The Bertz CT molecular complexity index is 1100. The average Bonchev–Trinajstić information content (AvgIpc) is 3.34. The number of carbonyl (C=O) groups excluding carboxylic acids is 3. The maximum atomic E-state index is 12.4. The zero-order valence-corrected chi connectivity index (χ0v) is 16.5. The van der Waals surface area contributed by atoms with Crippen molar-refractivity contribution in [3.05, 3.63) is 59.2 Å². The van der Waals surface area contributed by atoms with Gasteiger partial charge in [0.15, 0.2) is 0 Å². The van der Waals surface area contributed by atoms with Gasteiger partial charge in [0.1, 0.15) is 6.61 Å². The number of nitrogens with one attached hydrogen (secondary N) is 1. The molecule has 2 N–H and O–H groups in total. The van der Waals surface area contributed by atoms with Gasteiger partial charge >= 0.3 is 6.16 Å². The lowest BCUT2D eigenvalue weighted by Crippen LogP contribution is -2.33. The topological polar surface area (TPSA) is 113 Å². The first kappa shape index (κ1) is 19.3. The minimum atomic E-state index is -1.32. The van der Waals surface area contributed by atoms with Crippen LogP contribution in [-0.2, 0) is 19.1 Å². The predicted octanol–water partition coefficient (Wildman–Crippen LogP) is 2.69. The van der Waals surface area contributed by atoms with Crippen molar-refractivity contribution in [2.45, 2.75) is 18.8 Å². The van der Waals surface area contributed by atoms with E-state index in [1.54, 1.807) is 0 Å². The molecule has 1 aromatic rings. The number of allylic oxidation sites excluding steroid dienone is 3. The van der Waals surface area contributed by atoms with E-state index in [0.29, 0.717) is 17.5 Å². The van der Waals surface area contributed by atoms with Crippen LogP contribution in [-0.4, -0.2) is 47.0 Å². The number of hydrogen-bond donors (Lipinski definition) is 2. The van der Waals surface area contributed by atoms with Crippen LogP contribution in [0.3, 0.4) is 0 Å². The minimum Gasteiger partial charge on any atom is -0.450 e. The van der Waals surface area contributed by atoms with Crippen LogP contribution < -0.4 is 5.32 Å². The predicted molar refractivity (Wildman–Crippen MR) is 110 cm³/mol. The highest BCUT2D eigenvalue weighted by Crippen LogP contribution is 2.56. The lowest BCUT2D eigenvalue weighted by molar-refractivity contribution is -0.137. The number of hydrogen-bond acceptors (Lipinski definition) is 5. The van der Waals surface area contributed by atoms with Gasteiger partial charge in [-0.2, -0.15) is 0 Å². The molecular formula is C23H20N2O6. The third kappa shape index (κ3) is 3.54. The summed E-state index contributed by atoms with van der Waals surface area (Å²) < 4.78 is 4.90. The minimum absolute atomic E-state index is 0.0124. The largest absolute Gasteiger partial charge is 0.505 e. The molecule has 1 aliphatic heterocycles. The molecule has 8 nitrogen and oxygen atoms in total. The first-order valence-electron chi connectivity index (χ1n) is 10.2. The van der Waals surface area contributed by atoms with Gasteiger partial charge in [0.05, 0.1) is 0 Å². The Hall–Kier alpha value is -3.68. The molecule has 1 saturated carbocycles. The molecule has 5 rings (SSSR count). The van der Waals surface area contributed by atoms with Crippen LogP contribution in [0.2, 0.25) is 0 Å². The number of ether oxygens (including phenoxy) is 1. The van der Waals surface area contributed by atoms with Crippen molar-refractivity contribution in [1.29, 1.82) is 0 Å². The molecule has 158 valence electrons. The quantitative estimate of drug-likeness (QED) is 0.540. The van der Waals surface area contributed by atoms with Gasteiger partial charge in [-0.05, 0) is 52.7 Å². The molecule has 0 bridgehead atoms. The number of benzene rings is 1. The third-order valence-electron chi connectivity index (χ3n) is 6.19. The SMILES string of the molecule is O=C(CCN1C(=O)C=CC1=O)Nc1ccc2c(c1)C(COC(=O)O)C1=CC3CC3C=C12. The molecule has 3 unspecified atom stereocenters. The number of anilines is 1. The number of fused-ring (bicyclic) bond motifs is 4. The normalized spacial score (nSPS) is 24.8. The summed E-state index contributed by atoms with van der Waals surface area (Å²) in [6, 6.07) is 5.59. The molecule has 0 saturated heterocycles. The highest BCUT2D eigenvalue weighted by Gasteiger charge is 2.43. The Balaban J connectivity index is 1.32. The standard InChI is InChI=1S/C23H20N2O6/c26-20(5-6-25-21(27)3-4-22(25)28)24-14-1-2-15-16-8-12-7-13(12)9-17(16)19(18(15)10-14)11-31-23(29)30/h1-4,8-10,12-13,19H,5-7,11H2,(H,24,26)(H,29,30). The zero-order valence-electron chi connectivity index (χ0n) is 16.5. The van der Waals surface area contributed by atoms with Crippen molar-refractivity contribution >= 4 is 35.1 Å². The monoisotopic (exact) mass is 420 g/mol. The second-order valence-corrected chi connectivity index (χ2v) is 8.16. The number of carboxylic acid groups (broad SMARTS) is 1. The summed E-state index contributed by atoms with van der Waals surface area (Å²) in [6.45, 7) is 0.0333. The van der Waals surface area contributed by atoms with Crippen molar-refractivity contribution in [2.24, 2.45) is 11.8 Å². The summed E-state index contributed by atoms with van der Waals surface area (Å²) in [4.78, 5) is 47.6. The molecular weight excluding hydrogens is 400 g/mol. The average molecular weight is 420 g/mol. The fourth-order valence-corrected chi connectivity index (χ4v) is 4.56. The van der Waals surface area contributed by atoms with Crippen LogP contribution in [0.15, 0.2) is 48.1 Å². The third-order valence-corrected chi connectivity index (χ3v) is 6.19. The number of rotatable bonds is 6. The van der Waals surface area contributed by atoms with Gasteiger partial charge in [-0.15, -0.1) is 0 Å². The van der Waals surface area contributed by atoms with Crippen LogP contribution in [0.5, 0.6) is 0 Å². The van der Waals surface area contributed by atoms with Gasteiger partial charge in [0, 0.05) is 36.7 Å². The van der Waals surface area contributed by atoms with Crippen molar-refractivity contribution < 1.29 is 29.0 Å². The van der Waals surface area contributed by atoms with E-state index in [4.69, 9.17) is 9.84 Å². The van der Waals surface area contributed by atoms with Crippen molar-refractivity contribution in [3.8, 4) is 0 Å². The van der Waals surface area contributed by atoms with E-state index in [-0.39, 0.29) is 31.4 Å². The fourth-order valence-electron chi connectivity index (χ4n) is 4.56. The summed E-state index contributed by atoms with van der Waals surface area (Å²) in [7, 11) is 0. The van der Waals surface area contributed by atoms with Gasteiger partial charge < -0.3 is 15.2 Å². The van der Waals surface area contributed by atoms with E-state index in [0.717, 1.165) is 33.6 Å². The molecule has 0 aromatic heterocycles. The molecule has 1 heterocycles. The highest BCUT2D eigenvalue weighted by molar-refractivity contribution is 6.13. The smallest absolute Gasteiger partial charge is 0.450 e. The Morgan fingerprint density at radius 3 is 2.61 bits per heavy atom. The number of carbonyl (C=O) groups is 4. The Morgan fingerprint density at radius 1 is 1.13 bits per heavy atom. The van der Waals surface area contributed by atoms with Crippen LogP contribution in [0, 0.1) is 11.8 Å². The maximum Gasteiger partial charge on any atom is 0.505 e. The molecule has 3 atom stereocenters. The molecule has 3 aliphatic carbocycles.